The minimum Gasteiger partial charge on any atom is -0.456 e. The van der Waals surface area contributed by atoms with Crippen molar-refractivity contribution in [1.29, 1.82) is 0 Å². The van der Waals surface area contributed by atoms with Crippen molar-refractivity contribution in [1.82, 2.24) is 19.6 Å². The van der Waals surface area contributed by atoms with E-state index in [4.69, 9.17) is 9.15 Å². The summed E-state index contributed by atoms with van der Waals surface area (Å²) in [5.74, 6) is 1.56. The van der Waals surface area contributed by atoms with Gasteiger partial charge in [0.15, 0.2) is 11.5 Å². The molecule has 10 heteroatoms. The maximum atomic E-state index is 12.5. The van der Waals surface area contributed by atoms with Crippen molar-refractivity contribution in [3.05, 3.63) is 59.9 Å². The highest BCUT2D eigenvalue weighted by atomic mass is 16.5. The molecule has 1 aliphatic carbocycles. The minimum atomic E-state index is -0.384. The number of benzene rings is 1. The van der Waals surface area contributed by atoms with Crippen LogP contribution in [0.4, 0.5) is 11.6 Å². The number of hydrogen-bond donors (Lipinski definition) is 2. The van der Waals surface area contributed by atoms with E-state index < -0.39 is 0 Å². The maximum Gasteiger partial charge on any atom is 0.293 e. The molecule has 10 nitrogen and oxygen atoms in total. The number of aromatic nitrogens is 4. The quantitative estimate of drug-likeness (QED) is 0.476. The Balaban J connectivity index is 1.29. The molecule has 0 spiro atoms. The zero-order valence-corrected chi connectivity index (χ0v) is 17.5. The van der Waals surface area contributed by atoms with Gasteiger partial charge in [0.1, 0.15) is 11.5 Å². The van der Waals surface area contributed by atoms with E-state index >= 15 is 0 Å². The van der Waals surface area contributed by atoms with Crippen LogP contribution in [0.25, 0.3) is 5.65 Å². The summed E-state index contributed by atoms with van der Waals surface area (Å²) in [4.78, 5) is 32.8. The molecule has 5 rings (SSSR count). The summed E-state index contributed by atoms with van der Waals surface area (Å²) < 4.78 is 12.8. The Kier molecular flexibility index (Phi) is 4.81. The predicted molar refractivity (Wildman–Crippen MR) is 115 cm³/mol. The van der Waals surface area contributed by atoms with Gasteiger partial charge in [0.2, 0.25) is 17.6 Å². The highest BCUT2D eigenvalue weighted by molar-refractivity contribution is 6.03. The number of carbonyl (C=O) groups excluding carboxylic acids is 2. The number of carbonyl (C=O) groups is 2. The number of aryl methyl sites for hydroxylation is 2. The summed E-state index contributed by atoms with van der Waals surface area (Å²) in [5.41, 5.74) is 1.66. The van der Waals surface area contributed by atoms with Crippen molar-refractivity contribution >= 4 is 29.1 Å². The fourth-order valence-electron chi connectivity index (χ4n) is 3.24. The van der Waals surface area contributed by atoms with Crippen molar-refractivity contribution in [2.45, 2.75) is 26.7 Å². The number of nitrogens with zero attached hydrogens (tertiary/aromatic N) is 4. The molecule has 1 aliphatic rings. The third kappa shape index (κ3) is 4.15. The Labute approximate surface area is 182 Å². The molecule has 2 N–H and O–H groups in total. The summed E-state index contributed by atoms with van der Waals surface area (Å²) in [5, 5.41) is 9.80. The lowest BCUT2D eigenvalue weighted by atomic mass is 10.2. The number of nitrogens with one attached hydrogen (secondary N) is 2. The number of amides is 2. The average molecular weight is 432 g/mol. The van der Waals surface area contributed by atoms with Gasteiger partial charge >= 0.3 is 0 Å². The van der Waals surface area contributed by atoms with Gasteiger partial charge in [-0.25, -0.2) is 9.50 Å². The Hall–Kier alpha value is -4.21. The van der Waals surface area contributed by atoms with Crippen LogP contribution in [-0.2, 0) is 4.79 Å². The van der Waals surface area contributed by atoms with Crippen LogP contribution in [0.2, 0.25) is 0 Å². The van der Waals surface area contributed by atoms with E-state index in [0.29, 0.717) is 34.4 Å². The van der Waals surface area contributed by atoms with Crippen LogP contribution in [0.5, 0.6) is 11.5 Å². The van der Waals surface area contributed by atoms with Crippen molar-refractivity contribution < 1.29 is 18.7 Å². The SMILES string of the molecule is Cc1nc(C)c(C(=O)Nc2cccc(Oc3ccc4nc(NC(=O)C5CC5)nn4c3)c2)o1. The van der Waals surface area contributed by atoms with E-state index in [1.807, 2.05) is 0 Å². The van der Waals surface area contributed by atoms with E-state index in [0.717, 1.165) is 12.8 Å². The highest BCUT2D eigenvalue weighted by Crippen LogP contribution is 2.30. The second-order valence-electron chi connectivity index (χ2n) is 7.60. The van der Waals surface area contributed by atoms with Gasteiger partial charge in [-0.05, 0) is 44.0 Å². The lowest BCUT2D eigenvalue weighted by molar-refractivity contribution is -0.117. The fourth-order valence-corrected chi connectivity index (χ4v) is 3.24. The molecule has 2 amide bonds. The van der Waals surface area contributed by atoms with E-state index in [-0.39, 0.29) is 29.4 Å². The van der Waals surface area contributed by atoms with Gasteiger partial charge in [0, 0.05) is 24.6 Å². The number of ether oxygens (including phenoxy) is 1. The molecule has 0 bridgehead atoms. The van der Waals surface area contributed by atoms with Crippen LogP contribution in [-0.4, -0.2) is 31.4 Å². The van der Waals surface area contributed by atoms with Crippen LogP contribution >= 0.6 is 0 Å². The number of hydrogen-bond acceptors (Lipinski definition) is 7. The monoisotopic (exact) mass is 432 g/mol. The smallest absolute Gasteiger partial charge is 0.293 e. The molecule has 1 saturated carbocycles. The van der Waals surface area contributed by atoms with E-state index in [1.165, 1.54) is 0 Å². The van der Waals surface area contributed by atoms with Crippen LogP contribution in [0.3, 0.4) is 0 Å². The summed E-state index contributed by atoms with van der Waals surface area (Å²) in [7, 11) is 0. The molecule has 1 aromatic carbocycles. The summed E-state index contributed by atoms with van der Waals surface area (Å²) in [6.45, 7) is 3.40. The lowest BCUT2D eigenvalue weighted by Gasteiger charge is -2.08. The molecule has 0 unspecified atom stereocenters. The lowest BCUT2D eigenvalue weighted by Crippen LogP contribution is -2.14. The van der Waals surface area contributed by atoms with Gasteiger partial charge in [0.25, 0.3) is 5.91 Å². The normalized spacial score (nSPS) is 13.2. The second-order valence-corrected chi connectivity index (χ2v) is 7.60. The fraction of sp³-hybridized carbons (Fsp3) is 0.227. The van der Waals surface area contributed by atoms with Crippen LogP contribution in [0.1, 0.15) is 35.0 Å². The van der Waals surface area contributed by atoms with Crippen LogP contribution in [0, 0.1) is 19.8 Å². The van der Waals surface area contributed by atoms with E-state index in [2.05, 4.69) is 25.7 Å². The number of anilines is 2. The molecule has 1 fully saturated rings. The Morgan fingerprint density at radius 2 is 1.94 bits per heavy atom. The maximum absolute atomic E-state index is 12.5. The standard InChI is InChI=1S/C22H20N6O4/c1-12-19(31-13(2)23-12)21(30)24-15-4-3-5-16(10-15)32-17-8-9-18-25-22(27-28(18)11-17)26-20(29)14-6-7-14/h3-5,8-11,14H,6-7H2,1-2H3,(H,24,30)(H,26,27,29). The average Bonchev–Trinajstić information content (AvgIpc) is 3.44. The van der Waals surface area contributed by atoms with Gasteiger partial charge in [-0.3, -0.25) is 14.9 Å². The van der Waals surface area contributed by atoms with Gasteiger partial charge in [-0.2, -0.15) is 4.98 Å². The van der Waals surface area contributed by atoms with Crippen molar-refractivity contribution in [2.75, 3.05) is 10.6 Å². The molecule has 0 saturated heterocycles. The largest absolute Gasteiger partial charge is 0.456 e. The molecule has 3 heterocycles. The number of oxazole rings is 1. The van der Waals surface area contributed by atoms with Gasteiger partial charge in [-0.1, -0.05) is 6.07 Å². The molecule has 0 radical (unpaired) electrons. The van der Waals surface area contributed by atoms with Gasteiger partial charge < -0.3 is 14.5 Å². The van der Waals surface area contributed by atoms with Gasteiger partial charge in [0.05, 0.1) is 11.9 Å². The first-order valence-electron chi connectivity index (χ1n) is 10.2. The molecule has 32 heavy (non-hydrogen) atoms. The number of rotatable bonds is 6. The van der Waals surface area contributed by atoms with Crippen LogP contribution in [0.15, 0.2) is 47.0 Å². The third-order valence-corrected chi connectivity index (χ3v) is 4.92. The van der Waals surface area contributed by atoms with Crippen LogP contribution < -0.4 is 15.4 Å². The van der Waals surface area contributed by atoms with Crippen molar-refractivity contribution in [3.63, 3.8) is 0 Å². The van der Waals surface area contributed by atoms with Crippen molar-refractivity contribution in [2.24, 2.45) is 5.92 Å². The first-order valence-corrected chi connectivity index (χ1v) is 10.2. The summed E-state index contributed by atoms with van der Waals surface area (Å²) >= 11 is 0. The van der Waals surface area contributed by atoms with E-state index in [9.17, 15) is 9.59 Å². The molecule has 162 valence electrons. The predicted octanol–water partition coefficient (Wildman–Crippen LogP) is 3.73. The first kappa shape index (κ1) is 19.7. The molecular formula is C22H20N6O4. The zero-order valence-electron chi connectivity index (χ0n) is 17.5. The second kappa shape index (κ2) is 7.80. The number of fused-ring (bicyclic) bond motifs is 1. The van der Waals surface area contributed by atoms with Crippen molar-refractivity contribution in [3.8, 4) is 11.5 Å². The Morgan fingerprint density at radius 1 is 1.09 bits per heavy atom. The highest BCUT2D eigenvalue weighted by Gasteiger charge is 2.30. The zero-order chi connectivity index (χ0) is 22.2. The Bertz CT molecular complexity index is 1340. The first-order chi connectivity index (χ1) is 15.4. The molecule has 0 atom stereocenters. The van der Waals surface area contributed by atoms with E-state index in [1.54, 1.807) is 61.0 Å². The molecule has 0 aliphatic heterocycles. The molecule has 4 aromatic rings. The molecular weight excluding hydrogens is 412 g/mol. The van der Waals surface area contributed by atoms with Gasteiger partial charge in [-0.15, -0.1) is 5.10 Å². The summed E-state index contributed by atoms with van der Waals surface area (Å²) in [6, 6.07) is 10.5. The topological polar surface area (TPSA) is 124 Å². The minimum absolute atomic E-state index is 0.0491. The Morgan fingerprint density at radius 3 is 2.69 bits per heavy atom. The summed E-state index contributed by atoms with van der Waals surface area (Å²) in [6.07, 6.45) is 3.49. The number of pyridine rings is 1. The molecule has 3 aromatic heterocycles. The third-order valence-electron chi connectivity index (χ3n) is 4.92.